The van der Waals surface area contributed by atoms with Crippen LogP contribution in [0.1, 0.15) is 30.8 Å². The Bertz CT molecular complexity index is 879. The zero-order valence-electron chi connectivity index (χ0n) is 14.1. The molecule has 0 radical (unpaired) electrons. The fourth-order valence-electron chi connectivity index (χ4n) is 2.44. The minimum absolute atomic E-state index is 0.134. The molecule has 0 aliphatic rings. The number of aryl methyl sites for hydroxylation is 1. The van der Waals surface area contributed by atoms with Crippen LogP contribution in [-0.2, 0) is 11.2 Å². The number of nitrogens with one attached hydrogen (secondary N) is 1. The van der Waals surface area contributed by atoms with E-state index in [0.717, 1.165) is 15.6 Å². The summed E-state index contributed by atoms with van der Waals surface area (Å²) in [6.07, 6.45) is 0.582. The van der Waals surface area contributed by atoms with Gasteiger partial charge in [-0.3, -0.25) is 4.79 Å². The maximum Gasteiger partial charge on any atom is 0.227 e. The molecular weight excluding hydrogens is 401 g/mol. The normalized spacial score (nSPS) is 12.0. The summed E-state index contributed by atoms with van der Waals surface area (Å²) >= 11 is 3.38. The highest BCUT2D eigenvalue weighted by Gasteiger charge is 2.13. The van der Waals surface area contributed by atoms with Gasteiger partial charge in [-0.15, -0.1) is 0 Å². The molecule has 1 heterocycles. The Morgan fingerprint density at radius 2 is 1.88 bits per heavy atom. The van der Waals surface area contributed by atoms with Crippen molar-refractivity contribution in [3.05, 3.63) is 70.3 Å². The van der Waals surface area contributed by atoms with E-state index in [-0.39, 0.29) is 24.2 Å². The second kappa shape index (κ2) is 8.23. The highest BCUT2D eigenvalue weighted by molar-refractivity contribution is 9.10. The fraction of sp³-hybridized carbons (Fsp3) is 0.211. The number of aromatic nitrogens is 2. The van der Waals surface area contributed by atoms with Gasteiger partial charge in [0.15, 0.2) is 0 Å². The summed E-state index contributed by atoms with van der Waals surface area (Å²) in [5.74, 6) is 0.468. The van der Waals surface area contributed by atoms with E-state index in [1.54, 1.807) is 12.1 Å². The van der Waals surface area contributed by atoms with E-state index >= 15 is 0 Å². The number of nitrogens with zero attached hydrogens (tertiary/aromatic N) is 2. The van der Waals surface area contributed by atoms with Gasteiger partial charge in [-0.25, -0.2) is 4.39 Å². The highest BCUT2D eigenvalue weighted by atomic mass is 79.9. The lowest BCUT2D eigenvalue weighted by Gasteiger charge is -2.13. The molecule has 0 bridgehead atoms. The lowest BCUT2D eigenvalue weighted by Crippen LogP contribution is -2.26. The van der Waals surface area contributed by atoms with Gasteiger partial charge in [0, 0.05) is 22.9 Å². The topological polar surface area (TPSA) is 68.0 Å². The molecule has 0 fully saturated rings. The third kappa shape index (κ3) is 4.76. The van der Waals surface area contributed by atoms with Crippen molar-refractivity contribution < 1.29 is 13.7 Å². The quantitative estimate of drug-likeness (QED) is 0.643. The summed E-state index contributed by atoms with van der Waals surface area (Å²) in [4.78, 5) is 16.4. The number of halogens is 2. The zero-order chi connectivity index (χ0) is 18.5. The Balaban J connectivity index is 1.53. The van der Waals surface area contributed by atoms with Crippen LogP contribution >= 0.6 is 15.9 Å². The molecular formula is C19H17BrFN3O2. The Hall–Kier alpha value is -2.54. The molecule has 0 saturated heterocycles. The molecule has 3 rings (SSSR count). The van der Waals surface area contributed by atoms with Crippen LogP contribution in [0.5, 0.6) is 0 Å². The van der Waals surface area contributed by atoms with Crippen molar-refractivity contribution in [3.63, 3.8) is 0 Å². The molecule has 1 aromatic heterocycles. The molecule has 26 heavy (non-hydrogen) atoms. The molecule has 2 aromatic carbocycles. The first-order chi connectivity index (χ1) is 12.5. The standard InChI is InChI=1S/C19H17BrFN3O2/c1-12(13-4-8-16(21)9-5-13)22-17(25)10-11-18-23-19(24-26-18)14-2-6-15(20)7-3-14/h2-9,12H,10-11H2,1H3,(H,22,25). The summed E-state index contributed by atoms with van der Waals surface area (Å²) in [5.41, 5.74) is 1.69. The first-order valence-corrected chi connectivity index (χ1v) is 8.94. The van der Waals surface area contributed by atoms with Gasteiger partial charge in [-0.1, -0.05) is 33.2 Å². The summed E-state index contributed by atoms with van der Waals surface area (Å²) in [6, 6.07) is 13.4. The number of carbonyl (C=O) groups excluding carboxylic acids is 1. The van der Waals surface area contributed by atoms with Crippen LogP contribution in [0.15, 0.2) is 57.5 Å². The molecule has 5 nitrogen and oxygen atoms in total. The third-order valence-electron chi connectivity index (χ3n) is 3.88. The Morgan fingerprint density at radius 3 is 2.58 bits per heavy atom. The molecule has 1 unspecified atom stereocenters. The van der Waals surface area contributed by atoms with Crippen LogP contribution in [0, 0.1) is 5.82 Å². The van der Waals surface area contributed by atoms with Gasteiger partial charge in [0.1, 0.15) is 5.82 Å². The van der Waals surface area contributed by atoms with Crippen molar-refractivity contribution in [2.24, 2.45) is 0 Å². The van der Waals surface area contributed by atoms with Gasteiger partial charge in [0.25, 0.3) is 0 Å². The van der Waals surface area contributed by atoms with Gasteiger partial charge in [0.05, 0.1) is 6.04 Å². The van der Waals surface area contributed by atoms with Gasteiger partial charge in [-0.2, -0.15) is 4.98 Å². The third-order valence-corrected chi connectivity index (χ3v) is 4.41. The highest BCUT2D eigenvalue weighted by Crippen LogP contribution is 2.19. The molecule has 3 aromatic rings. The SMILES string of the molecule is CC(NC(=O)CCc1nc(-c2ccc(Br)cc2)no1)c1ccc(F)cc1. The first kappa shape index (κ1) is 18.3. The number of rotatable bonds is 6. The Kier molecular flexibility index (Phi) is 5.78. The molecule has 0 aliphatic carbocycles. The smallest absolute Gasteiger partial charge is 0.227 e. The van der Waals surface area contributed by atoms with Crippen LogP contribution < -0.4 is 5.32 Å². The number of amides is 1. The molecule has 0 spiro atoms. The lowest BCUT2D eigenvalue weighted by molar-refractivity contribution is -0.121. The van der Waals surface area contributed by atoms with Crippen LogP contribution in [0.3, 0.4) is 0 Å². The predicted molar refractivity (Wildman–Crippen MR) is 98.7 cm³/mol. The minimum atomic E-state index is -0.301. The molecule has 7 heteroatoms. The van der Waals surface area contributed by atoms with E-state index < -0.39 is 0 Å². The van der Waals surface area contributed by atoms with Gasteiger partial charge in [-0.05, 0) is 48.9 Å². The maximum absolute atomic E-state index is 13.0. The Morgan fingerprint density at radius 1 is 1.19 bits per heavy atom. The molecule has 134 valence electrons. The second-order valence-corrected chi connectivity index (χ2v) is 6.78. The molecule has 1 atom stereocenters. The summed E-state index contributed by atoms with van der Waals surface area (Å²) in [6.45, 7) is 1.85. The number of hydrogen-bond donors (Lipinski definition) is 1. The second-order valence-electron chi connectivity index (χ2n) is 5.86. The fourth-order valence-corrected chi connectivity index (χ4v) is 2.71. The lowest BCUT2D eigenvalue weighted by atomic mass is 10.1. The largest absolute Gasteiger partial charge is 0.350 e. The minimum Gasteiger partial charge on any atom is -0.350 e. The van der Waals surface area contributed by atoms with Gasteiger partial charge < -0.3 is 9.84 Å². The van der Waals surface area contributed by atoms with E-state index in [1.165, 1.54) is 12.1 Å². The average Bonchev–Trinajstić information content (AvgIpc) is 3.10. The van der Waals surface area contributed by atoms with Crippen LogP contribution in [0.2, 0.25) is 0 Å². The van der Waals surface area contributed by atoms with Crippen molar-refractivity contribution >= 4 is 21.8 Å². The molecule has 1 amide bonds. The van der Waals surface area contributed by atoms with Crippen LogP contribution in [0.25, 0.3) is 11.4 Å². The van der Waals surface area contributed by atoms with E-state index in [0.29, 0.717) is 18.1 Å². The summed E-state index contributed by atoms with van der Waals surface area (Å²) < 4.78 is 19.1. The van der Waals surface area contributed by atoms with Crippen molar-refractivity contribution in [2.75, 3.05) is 0 Å². The monoisotopic (exact) mass is 417 g/mol. The predicted octanol–water partition coefficient (Wildman–Crippen LogP) is 4.45. The zero-order valence-corrected chi connectivity index (χ0v) is 15.7. The molecule has 0 aliphatic heterocycles. The summed E-state index contributed by atoms with van der Waals surface area (Å²) in [7, 11) is 0. The molecule has 1 N–H and O–H groups in total. The van der Waals surface area contributed by atoms with E-state index in [2.05, 4.69) is 31.4 Å². The van der Waals surface area contributed by atoms with Crippen LogP contribution in [-0.4, -0.2) is 16.0 Å². The van der Waals surface area contributed by atoms with Crippen LogP contribution in [0.4, 0.5) is 4.39 Å². The number of hydrogen-bond acceptors (Lipinski definition) is 4. The van der Waals surface area contributed by atoms with E-state index in [4.69, 9.17) is 4.52 Å². The maximum atomic E-state index is 13.0. The molecule has 0 saturated carbocycles. The first-order valence-electron chi connectivity index (χ1n) is 8.14. The average molecular weight is 418 g/mol. The Labute approximate surface area is 158 Å². The van der Waals surface area contributed by atoms with Gasteiger partial charge >= 0.3 is 0 Å². The van der Waals surface area contributed by atoms with Crippen molar-refractivity contribution in [1.82, 2.24) is 15.5 Å². The van der Waals surface area contributed by atoms with Crippen molar-refractivity contribution in [3.8, 4) is 11.4 Å². The summed E-state index contributed by atoms with van der Waals surface area (Å²) in [5, 5.41) is 6.82. The van der Waals surface area contributed by atoms with E-state index in [9.17, 15) is 9.18 Å². The van der Waals surface area contributed by atoms with Gasteiger partial charge in [0.2, 0.25) is 17.6 Å². The number of carbonyl (C=O) groups is 1. The van der Waals surface area contributed by atoms with Crippen molar-refractivity contribution in [2.45, 2.75) is 25.8 Å². The number of benzene rings is 2. The van der Waals surface area contributed by atoms with E-state index in [1.807, 2.05) is 31.2 Å². The van der Waals surface area contributed by atoms with Crippen molar-refractivity contribution in [1.29, 1.82) is 0 Å².